The van der Waals surface area contributed by atoms with Crippen LogP contribution in [0.2, 0.25) is 0 Å². The molecule has 0 saturated carbocycles. The molecule has 0 unspecified atom stereocenters. The minimum Gasteiger partial charge on any atom is -0.450 e. The van der Waals surface area contributed by atoms with Crippen LogP contribution in [-0.2, 0) is 9.53 Å². The first kappa shape index (κ1) is 15.6. The number of carbonyl (C=O) groups is 2. The Labute approximate surface area is 127 Å². The average molecular weight is 312 g/mol. The van der Waals surface area contributed by atoms with Gasteiger partial charge in [-0.3, -0.25) is 4.79 Å². The highest BCUT2D eigenvalue weighted by molar-refractivity contribution is 7.13. The van der Waals surface area contributed by atoms with Gasteiger partial charge in [0.2, 0.25) is 5.91 Å². The summed E-state index contributed by atoms with van der Waals surface area (Å²) in [4.78, 5) is 29.1. The number of carbonyl (C=O) groups excluding carboxylic acids is 2. The molecule has 1 saturated heterocycles. The Morgan fingerprint density at radius 1 is 1.48 bits per heavy atom. The predicted octanol–water partition coefficient (Wildman–Crippen LogP) is 1.29. The lowest BCUT2D eigenvalue weighted by Crippen LogP contribution is -2.47. The van der Waals surface area contributed by atoms with Crippen LogP contribution in [-0.4, -0.2) is 54.2 Å². The van der Waals surface area contributed by atoms with Gasteiger partial charge in [-0.25, -0.2) is 9.78 Å². The van der Waals surface area contributed by atoms with Gasteiger partial charge in [-0.05, 0) is 19.8 Å². The van der Waals surface area contributed by atoms with Crippen LogP contribution in [0.4, 0.5) is 9.93 Å². The standard InChI is InChI=1S/C13H20N4O3S/c1-2-20-13(19)17-6-3-10(4-7-17)16-11(18)9-15-12-14-5-8-21-12/h5,8,10H,2-4,6-7,9H2,1H3,(H,14,15)(H,16,18). The highest BCUT2D eigenvalue weighted by atomic mass is 32.1. The van der Waals surface area contributed by atoms with Crippen LogP contribution in [0.25, 0.3) is 0 Å². The van der Waals surface area contributed by atoms with Gasteiger partial charge in [0.15, 0.2) is 5.13 Å². The maximum Gasteiger partial charge on any atom is 0.409 e. The Bertz CT molecular complexity index is 458. The molecule has 1 aliphatic heterocycles. The fourth-order valence-corrected chi connectivity index (χ4v) is 2.69. The summed E-state index contributed by atoms with van der Waals surface area (Å²) in [6.45, 7) is 3.62. The summed E-state index contributed by atoms with van der Waals surface area (Å²) in [7, 11) is 0. The van der Waals surface area contributed by atoms with Crippen molar-refractivity contribution >= 4 is 28.5 Å². The van der Waals surface area contributed by atoms with Crippen LogP contribution >= 0.6 is 11.3 Å². The van der Waals surface area contributed by atoms with Crippen LogP contribution in [0.1, 0.15) is 19.8 Å². The molecule has 116 valence electrons. The fraction of sp³-hybridized carbons (Fsp3) is 0.615. The number of amides is 2. The Balaban J connectivity index is 1.66. The molecular weight excluding hydrogens is 292 g/mol. The summed E-state index contributed by atoms with van der Waals surface area (Å²) in [5.41, 5.74) is 0. The minimum atomic E-state index is -0.271. The maximum atomic E-state index is 11.8. The van der Waals surface area contributed by atoms with Gasteiger partial charge in [0.25, 0.3) is 0 Å². The zero-order valence-electron chi connectivity index (χ0n) is 12.0. The van der Waals surface area contributed by atoms with Crippen molar-refractivity contribution in [3.63, 3.8) is 0 Å². The van der Waals surface area contributed by atoms with E-state index in [4.69, 9.17) is 4.74 Å². The van der Waals surface area contributed by atoms with E-state index >= 15 is 0 Å². The van der Waals surface area contributed by atoms with E-state index in [9.17, 15) is 9.59 Å². The molecule has 0 spiro atoms. The lowest BCUT2D eigenvalue weighted by Gasteiger charge is -2.31. The van der Waals surface area contributed by atoms with Crippen LogP contribution in [0.5, 0.6) is 0 Å². The molecular formula is C13H20N4O3S. The van der Waals surface area contributed by atoms with E-state index < -0.39 is 0 Å². The minimum absolute atomic E-state index is 0.0558. The highest BCUT2D eigenvalue weighted by Gasteiger charge is 2.24. The number of likely N-dealkylation sites (tertiary alicyclic amines) is 1. The molecule has 2 heterocycles. The van der Waals surface area contributed by atoms with Gasteiger partial charge < -0.3 is 20.3 Å². The molecule has 0 aromatic carbocycles. The van der Waals surface area contributed by atoms with Gasteiger partial charge in [-0.15, -0.1) is 11.3 Å². The molecule has 1 aliphatic rings. The van der Waals surface area contributed by atoms with Crippen molar-refractivity contribution in [1.29, 1.82) is 0 Å². The molecule has 0 radical (unpaired) electrons. The fourth-order valence-electron chi connectivity index (χ4n) is 2.17. The molecule has 1 aromatic heterocycles. The van der Waals surface area contributed by atoms with Crippen molar-refractivity contribution in [2.75, 3.05) is 31.6 Å². The average Bonchev–Trinajstić information content (AvgIpc) is 2.99. The Hall–Kier alpha value is -1.83. The van der Waals surface area contributed by atoms with E-state index in [1.54, 1.807) is 18.0 Å². The van der Waals surface area contributed by atoms with Gasteiger partial charge in [0.05, 0.1) is 13.2 Å². The highest BCUT2D eigenvalue weighted by Crippen LogP contribution is 2.12. The number of thiazole rings is 1. The third kappa shape index (κ3) is 4.89. The number of hydrogen-bond acceptors (Lipinski definition) is 6. The summed E-state index contributed by atoms with van der Waals surface area (Å²) < 4.78 is 4.96. The first-order chi connectivity index (χ1) is 10.2. The van der Waals surface area contributed by atoms with Crippen molar-refractivity contribution in [1.82, 2.24) is 15.2 Å². The van der Waals surface area contributed by atoms with Crippen LogP contribution < -0.4 is 10.6 Å². The summed E-state index contributed by atoms with van der Waals surface area (Å²) in [5.74, 6) is -0.0558. The van der Waals surface area contributed by atoms with E-state index in [0.717, 1.165) is 18.0 Å². The second kappa shape index (κ2) is 7.82. The molecule has 1 aromatic rings. The molecule has 0 aliphatic carbocycles. The number of nitrogens with zero attached hydrogens (tertiary/aromatic N) is 2. The van der Waals surface area contributed by atoms with Crippen molar-refractivity contribution < 1.29 is 14.3 Å². The Kier molecular flexibility index (Phi) is 5.79. The normalized spacial score (nSPS) is 15.6. The van der Waals surface area contributed by atoms with E-state index in [1.165, 1.54) is 11.3 Å². The molecule has 2 amide bonds. The predicted molar refractivity (Wildman–Crippen MR) is 80.4 cm³/mol. The van der Waals surface area contributed by atoms with E-state index in [2.05, 4.69) is 15.6 Å². The topological polar surface area (TPSA) is 83.6 Å². The van der Waals surface area contributed by atoms with Gasteiger partial charge in [-0.2, -0.15) is 0 Å². The third-order valence-corrected chi connectivity index (χ3v) is 3.95. The van der Waals surface area contributed by atoms with Crippen molar-refractivity contribution in [2.24, 2.45) is 0 Å². The van der Waals surface area contributed by atoms with E-state index in [-0.39, 0.29) is 24.6 Å². The quantitative estimate of drug-likeness (QED) is 0.856. The van der Waals surface area contributed by atoms with E-state index in [0.29, 0.717) is 19.7 Å². The number of hydrogen-bond donors (Lipinski definition) is 2. The molecule has 7 nitrogen and oxygen atoms in total. The number of anilines is 1. The second-order valence-electron chi connectivity index (χ2n) is 4.72. The molecule has 1 fully saturated rings. The lowest BCUT2D eigenvalue weighted by atomic mass is 10.1. The second-order valence-corrected chi connectivity index (χ2v) is 5.61. The number of rotatable bonds is 5. The van der Waals surface area contributed by atoms with Gasteiger partial charge in [0, 0.05) is 30.7 Å². The maximum absolute atomic E-state index is 11.8. The molecule has 2 rings (SSSR count). The number of ether oxygens (including phenoxy) is 1. The molecule has 2 N–H and O–H groups in total. The molecule has 21 heavy (non-hydrogen) atoms. The number of aromatic nitrogens is 1. The summed E-state index contributed by atoms with van der Waals surface area (Å²) in [6.07, 6.45) is 2.92. The van der Waals surface area contributed by atoms with Crippen molar-refractivity contribution in [3.05, 3.63) is 11.6 Å². The monoisotopic (exact) mass is 312 g/mol. The van der Waals surface area contributed by atoms with Crippen LogP contribution in [0.15, 0.2) is 11.6 Å². The van der Waals surface area contributed by atoms with Crippen molar-refractivity contribution in [3.8, 4) is 0 Å². The van der Waals surface area contributed by atoms with Gasteiger partial charge >= 0.3 is 6.09 Å². The number of nitrogens with one attached hydrogen (secondary N) is 2. The smallest absolute Gasteiger partial charge is 0.409 e. The zero-order chi connectivity index (χ0) is 15.1. The largest absolute Gasteiger partial charge is 0.450 e. The molecule has 0 atom stereocenters. The lowest BCUT2D eigenvalue weighted by molar-refractivity contribution is -0.120. The Morgan fingerprint density at radius 2 is 2.24 bits per heavy atom. The molecule has 0 bridgehead atoms. The summed E-state index contributed by atoms with van der Waals surface area (Å²) >= 11 is 1.46. The van der Waals surface area contributed by atoms with Crippen LogP contribution in [0.3, 0.4) is 0 Å². The van der Waals surface area contributed by atoms with Gasteiger partial charge in [0.1, 0.15) is 0 Å². The number of piperidine rings is 1. The third-order valence-electron chi connectivity index (χ3n) is 3.22. The Morgan fingerprint density at radius 3 is 2.86 bits per heavy atom. The van der Waals surface area contributed by atoms with Crippen molar-refractivity contribution in [2.45, 2.75) is 25.8 Å². The zero-order valence-corrected chi connectivity index (χ0v) is 12.8. The van der Waals surface area contributed by atoms with Gasteiger partial charge in [-0.1, -0.05) is 0 Å². The SMILES string of the molecule is CCOC(=O)N1CCC(NC(=O)CNc2nccs2)CC1. The first-order valence-electron chi connectivity index (χ1n) is 7.03. The summed E-state index contributed by atoms with van der Waals surface area (Å²) in [6, 6.07) is 0.112. The first-order valence-corrected chi connectivity index (χ1v) is 7.91. The van der Waals surface area contributed by atoms with E-state index in [1.807, 2.05) is 5.38 Å². The molecule has 8 heteroatoms. The summed E-state index contributed by atoms with van der Waals surface area (Å²) in [5, 5.41) is 8.53. The van der Waals surface area contributed by atoms with Crippen LogP contribution in [0, 0.1) is 0 Å².